The van der Waals surface area contributed by atoms with E-state index in [2.05, 4.69) is 56.8 Å². The largest absolute Gasteiger partial charge is 0.366 e. The summed E-state index contributed by atoms with van der Waals surface area (Å²) in [6.07, 6.45) is 6.77. The number of anilines is 2. The monoisotopic (exact) mass is 593 g/mol. The van der Waals surface area contributed by atoms with Gasteiger partial charge in [-0.2, -0.15) is 5.10 Å². The Hall–Kier alpha value is -3.31. The smallest absolute Gasteiger partial charge is 0.281 e. The summed E-state index contributed by atoms with van der Waals surface area (Å²) in [5.41, 5.74) is 3.09. The molecule has 5 unspecified atom stereocenters. The molecule has 9 nitrogen and oxygen atoms in total. The summed E-state index contributed by atoms with van der Waals surface area (Å²) < 4.78 is 37.8. The predicted octanol–water partition coefficient (Wildman–Crippen LogP) is 4.30. The minimum absolute atomic E-state index is 0.0241. The van der Waals surface area contributed by atoms with Crippen molar-refractivity contribution in [2.24, 2.45) is 0 Å². The number of nitrogens with zero attached hydrogens (tertiary/aromatic N) is 7. The third-order valence-electron chi connectivity index (χ3n) is 10.4. The van der Waals surface area contributed by atoms with Gasteiger partial charge >= 0.3 is 0 Å². The third kappa shape index (κ3) is 4.58. The minimum Gasteiger partial charge on any atom is -0.366 e. The summed E-state index contributed by atoms with van der Waals surface area (Å²) in [6, 6.07) is 2.77. The van der Waals surface area contributed by atoms with Gasteiger partial charge in [-0.15, -0.1) is 0 Å². The number of carbonyl (C=O) groups is 1. The Morgan fingerprint density at radius 3 is 2.65 bits per heavy atom. The number of piperidine rings is 1. The number of alkyl halides is 2. The summed E-state index contributed by atoms with van der Waals surface area (Å²) in [7, 11) is 0. The van der Waals surface area contributed by atoms with Crippen molar-refractivity contribution >= 4 is 23.5 Å². The van der Waals surface area contributed by atoms with Crippen molar-refractivity contribution in [3.8, 4) is 0 Å². The highest BCUT2D eigenvalue weighted by Crippen LogP contribution is 2.47. The fourth-order valence-electron chi connectivity index (χ4n) is 8.11. The number of pyridine rings is 1. The van der Waals surface area contributed by atoms with E-state index >= 15 is 0 Å². The lowest BCUT2D eigenvalue weighted by molar-refractivity contribution is -0.128. The second kappa shape index (κ2) is 10.7. The van der Waals surface area contributed by atoms with Crippen LogP contribution < -0.4 is 9.80 Å². The lowest BCUT2D eigenvalue weighted by atomic mass is 9.81. The summed E-state index contributed by atoms with van der Waals surface area (Å²) in [6.45, 7) is 15.0. The molecule has 0 bridgehead atoms. The number of aryl methyl sites for hydroxylation is 1. The molecule has 1 amide bonds. The molecule has 0 aliphatic carbocycles. The number of halogens is 2. The van der Waals surface area contributed by atoms with Crippen molar-refractivity contribution in [1.82, 2.24) is 24.6 Å². The molecule has 2 aromatic heterocycles. The maximum Gasteiger partial charge on any atom is 0.281 e. The number of fused-ring (bicyclic) bond motifs is 5. The van der Waals surface area contributed by atoms with Crippen molar-refractivity contribution in [2.45, 2.75) is 76.2 Å². The van der Waals surface area contributed by atoms with Crippen LogP contribution in [0.15, 0.2) is 31.0 Å². The van der Waals surface area contributed by atoms with Crippen LogP contribution in [-0.2, 0) is 15.1 Å². The second-order valence-electron chi connectivity index (χ2n) is 12.9. The predicted molar refractivity (Wildman–Crippen MR) is 161 cm³/mol. The first-order chi connectivity index (χ1) is 20.7. The quantitative estimate of drug-likeness (QED) is 0.490. The molecule has 5 atom stereocenters. The van der Waals surface area contributed by atoms with E-state index in [-0.39, 0.29) is 29.7 Å². The number of ether oxygens (including phenoxy) is 1. The van der Waals surface area contributed by atoms with E-state index in [1.807, 2.05) is 29.3 Å². The molecule has 11 heteroatoms. The molecule has 2 aromatic rings. The maximum absolute atomic E-state index is 14.6. The fourth-order valence-corrected chi connectivity index (χ4v) is 8.11. The zero-order chi connectivity index (χ0) is 30.0. The molecule has 0 N–H and O–H groups in total. The molecule has 3 saturated heterocycles. The van der Waals surface area contributed by atoms with Gasteiger partial charge in [0.1, 0.15) is 17.1 Å². The van der Waals surface area contributed by atoms with Gasteiger partial charge in [0.25, 0.3) is 6.43 Å². The Balaban J connectivity index is 1.14. The topological polar surface area (TPSA) is 70.0 Å². The lowest BCUT2D eigenvalue weighted by Crippen LogP contribution is -2.69. The number of carbonyl (C=O) groups excluding carboxylic acids is 1. The molecule has 0 saturated carbocycles. The zero-order valence-corrected chi connectivity index (χ0v) is 25.3. The molecule has 230 valence electrons. The van der Waals surface area contributed by atoms with Crippen LogP contribution >= 0.6 is 0 Å². The van der Waals surface area contributed by atoms with Gasteiger partial charge in [0, 0.05) is 75.4 Å². The average molecular weight is 594 g/mol. The minimum atomic E-state index is -2.67. The van der Waals surface area contributed by atoms with Crippen LogP contribution in [0.25, 0.3) is 6.08 Å². The van der Waals surface area contributed by atoms with Gasteiger partial charge in [-0.05, 0) is 45.3 Å². The van der Waals surface area contributed by atoms with Gasteiger partial charge < -0.3 is 19.4 Å². The summed E-state index contributed by atoms with van der Waals surface area (Å²) >= 11 is 0. The average Bonchev–Trinajstić information content (AvgIpc) is 3.34. The number of hydrogen-bond acceptors (Lipinski definition) is 7. The summed E-state index contributed by atoms with van der Waals surface area (Å²) in [5.74, 6) is 0.587. The van der Waals surface area contributed by atoms with Crippen LogP contribution in [0.2, 0.25) is 0 Å². The van der Waals surface area contributed by atoms with Crippen LogP contribution in [0, 0.1) is 6.92 Å². The molecule has 7 rings (SSSR count). The molecule has 1 spiro atoms. The van der Waals surface area contributed by atoms with Crippen molar-refractivity contribution < 1.29 is 18.3 Å². The van der Waals surface area contributed by atoms with Gasteiger partial charge in [-0.3, -0.25) is 14.4 Å². The van der Waals surface area contributed by atoms with E-state index < -0.39 is 12.0 Å². The van der Waals surface area contributed by atoms with Crippen LogP contribution in [0.1, 0.15) is 68.1 Å². The summed E-state index contributed by atoms with van der Waals surface area (Å²) in [4.78, 5) is 25.4. The first-order valence-corrected chi connectivity index (χ1v) is 15.6. The molecule has 0 radical (unpaired) electrons. The van der Waals surface area contributed by atoms with E-state index in [0.717, 1.165) is 55.8 Å². The van der Waals surface area contributed by atoms with Gasteiger partial charge in [0.15, 0.2) is 0 Å². The number of rotatable bonds is 4. The van der Waals surface area contributed by atoms with E-state index in [1.54, 1.807) is 0 Å². The second-order valence-corrected chi connectivity index (χ2v) is 12.9. The number of hydrogen-bond donors (Lipinski definition) is 0. The van der Waals surface area contributed by atoms with Crippen LogP contribution in [0.5, 0.6) is 0 Å². The highest BCUT2D eigenvalue weighted by Gasteiger charge is 2.48. The Morgan fingerprint density at radius 2 is 1.93 bits per heavy atom. The van der Waals surface area contributed by atoms with Crippen LogP contribution in [0.4, 0.5) is 20.3 Å². The highest BCUT2D eigenvalue weighted by molar-refractivity contribution is 5.87. The molecule has 5 aliphatic heterocycles. The molecular formula is C32H41F2N7O2. The molecular weight excluding hydrogens is 552 g/mol. The highest BCUT2D eigenvalue weighted by atomic mass is 19.3. The standard InChI is InChI=1S/C32H41F2N7O2/c1-5-28(42)38-13-11-37(12-14-38)26-18-40-24(26)8-6-7-23-25(40)15-27(36-29(23)31(33)34)39-10-9-32(16-21(39)3)30-20(2)17-35-41(30)22(4)19-43-32/h5-7,15,17,21-22,24,26,31H,1,8-14,16,18-19H2,2-4H3. The Labute approximate surface area is 251 Å². The molecule has 5 aliphatic rings. The molecule has 3 fully saturated rings. The van der Waals surface area contributed by atoms with E-state index in [9.17, 15) is 13.6 Å². The Bertz CT molecular complexity index is 1450. The first kappa shape index (κ1) is 28.5. The zero-order valence-electron chi connectivity index (χ0n) is 25.3. The van der Waals surface area contributed by atoms with Gasteiger partial charge in [0.05, 0.1) is 30.2 Å². The van der Waals surface area contributed by atoms with E-state index in [0.29, 0.717) is 43.7 Å². The molecule has 43 heavy (non-hydrogen) atoms. The number of aromatic nitrogens is 3. The first-order valence-electron chi connectivity index (χ1n) is 15.6. The molecule has 0 aromatic carbocycles. The van der Waals surface area contributed by atoms with E-state index in [4.69, 9.17) is 4.74 Å². The van der Waals surface area contributed by atoms with Crippen LogP contribution in [-0.4, -0.2) is 94.5 Å². The van der Waals surface area contributed by atoms with E-state index in [1.165, 1.54) is 6.08 Å². The Kier molecular flexibility index (Phi) is 7.08. The number of piperazine rings is 1. The van der Waals surface area contributed by atoms with Crippen molar-refractivity contribution in [3.63, 3.8) is 0 Å². The normalized spacial score (nSPS) is 30.5. The lowest BCUT2D eigenvalue weighted by Gasteiger charge is -2.55. The van der Waals surface area contributed by atoms with Gasteiger partial charge in [0.2, 0.25) is 5.91 Å². The van der Waals surface area contributed by atoms with Crippen molar-refractivity contribution in [1.29, 1.82) is 0 Å². The van der Waals surface area contributed by atoms with Crippen molar-refractivity contribution in [3.05, 3.63) is 53.5 Å². The summed E-state index contributed by atoms with van der Waals surface area (Å²) in [5, 5.41) is 4.64. The van der Waals surface area contributed by atoms with Gasteiger partial charge in [-0.25, -0.2) is 13.8 Å². The fraction of sp³-hybridized carbons (Fsp3) is 0.594. The van der Waals surface area contributed by atoms with Gasteiger partial charge in [-0.1, -0.05) is 18.7 Å². The third-order valence-corrected chi connectivity index (χ3v) is 10.4. The Morgan fingerprint density at radius 1 is 1.14 bits per heavy atom. The van der Waals surface area contributed by atoms with Crippen LogP contribution in [0.3, 0.4) is 0 Å². The van der Waals surface area contributed by atoms with Crippen molar-refractivity contribution in [2.75, 3.05) is 55.7 Å². The SMILES string of the molecule is C=CC(=O)N1CCN(C2CN3c4cc(N5CCC6(CC5C)OCC(C)n5ncc(C)c56)nc(C(F)F)c4C=CCC23)CC1. The molecule has 7 heterocycles. The maximum atomic E-state index is 14.6. The number of amides is 1.